The Bertz CT molecular complexity index is 792. The summed E-state index contributed by atoms with van der Waals surface area (Å²) in [5.74, 6) is -0.484. The molecule has 8 heteroatoms. The Labute approximate surface area is 140 Å². The Hall–Kier alpha value is -2.19. The van der Waals surface area contributed by atoms with Gasteiger partial charge in [0.2, 0.25) is 10.0 Å². The first-order valence-electron chi connectivity index (χ1n) is 7.80. The first-order chi connectivity index (χ1) is 11.5. The summed E-state index contributed by atoms with van der Waals surface area (Å²) >= 11 is 0. The Kier molecular flexibility index (Phi) is 4.68. The third-order valence-electron chi connectivity index (χ3n) is 4.33. The topological polar surface area (TPSA) is 112 Å². The van der Waals surface area contributed by atoms with Crippen molar-refractivity contribution in [1.29, 1.82) is 0 Å². The normalized spacial score (nSPS) is 21.5. The van der Waals surface area contributed by atoms with Crippen LogP contribution in [0.3, 0.4) is 0 Å². The molecule has 0 unspecified atom stereocenters. The van der Waals surface area contributed by atoms with Crippen LogP contribution in [0.25, 0.3) is 11.4 Å². The molecule has 7 nitrogen and oxygen atoms in total. The second-order valence-corrected chi connectivity index (χ2v) is 7.68. The highest BCUT2D eigenvalue weighted by Crippen LogP contribution is 2.26. The molecular formula is C16H19N3O4S. The summed E-state index contributed by atoms with van der Waals surface area (Å²) in [4.78, 5) is 18.2. The zero-order valence-corrected chi connectivity index (χ0v) is 13.8. The summed E-state index contributed by atoms with van der Waals surface area (Å²) in [5.41, 5.74) is 0.806. The van der Waals surface area contributed by atoms with Crippen molar-refractivity contribution < 1.29 is 18.3 Å². The maximum Gasteiger partial charge on any atom is 0.306 e. The monoisotopic (exact) mass is 349 g/mol. The molecular weight excluding hydrogens is 330 g/mol. The molecule has 0 amide bonds. The highest BCUT2D eigenvalue weighted by Gasteiger charge is 2.28. The number of imidazole rings is 1. The van der Waals surface area contributed by atoms with Gasteiger partial charge in [-0.15, -0.1) is 0 Å². The van der Waals surface area contributed by atoms with Gasteiger partial charge >= 0.3 is 5.97 Å². The van der Waals surface area contributed by atoms with Crippen LogP contribution in [0, 0.1) is 5.92 Å². The molecule has 128 valence electrons. The second-order valence-electron chi connectivity index (χ2n) is 5.97. The number of aromatic amines is 1. The van der Waals surface area contributed by atoms with E-state index in [2.05, 4.69) is 14.7 Å². The number of sulfonamides is 1. The van der Waals surface area contributed by atoms with Gasteiger partial charge in [-0.05, 0) is 49.9 Å². The molecule has 2 aromatic rings. The van der Waals surface area contributed by atoms with E-state index >= 15 is 0 Å². The van der Waals surface area contributed by atoms with Gasteiger partial charge in [0.25, 0.3) is 0 Å². The standard InChI is InChI=1S/C16H19N3O4S/c20-16(21)12-1-5-13(6-2-12)19-24(22,23)14-7-3-11(4-8-14)15-17-9-10-18-15/h3-4,7-10,12-13,19H,1-2,5-6H2,(H,17,18)(H,20,21). The minimum atomic E-state index is -3.61. The predicted molar refractivity (Wildman–Crippen MR) is 87.7 cm³/mol. The largest absolute Gasteiger partial charge is 0.481 e. The van der Waals surface area contributed by atoms with Gasteiger partial charge in [-0.2, -0.15) is 0 Å². The quantitative estimate of drug-likeness (QED) is 0.764. The number of carbonyl (C=O) groups is 1. The number of carboxylic acids is 1. The van der Waals surface area contributed by atoms with Crippen LogP contribution in [0.5, 0.6) is 0 Å². The third-order valence-corrected chi connectivity index (χ3v) is 5.87. The molecule has 3 N–H and O–H groups in total. The van der Waals surface area contributed by atoms with Crippen molar-refractivity contribution in [2.75, 3.05) is 0 Å². The van der Waals surface area contributed by atoms with Crippen molar-refractivity contribution in [3.8, 4) is 11.4 Å². The molecule has 3 rings (SSSR count). The van der Waals surface area contributed by atoms with Crippen molar-refractivity contribution in [3.63, 3.8) is 0 Å². The van der Waals surface area contributed by atoms with E-state index < -0.39 is 16.0 Å². The lowest BCUT2D eigenvalue weighted by molar-refractivity contribution is -0.142. The number of benzene rings is 1. The van der Waals surface area contributed by atoms with Crippen LogP contribution in [0.1, 0.15) is 25.7 Å². The molecule has 1 aromatic carbocycles. The molecule has 1 saturated carbocycles. The maximum atomic E-state index is 12.5. The number of carboxylic acid groups (broad SMARTS) is 1. The molecule has 0 bridgehead atoms. The molecule has 0 saturated heterocycles. The number of rotatable bonds is 5. The lowest BCUT2D eigenvalue weighted by atomic mass is 9.87. The predicted octanol–water partition coefficient (Wildman–Crippen LogP) is 2.00. The average molecular weight is 349 g/mol. The van der Waals surface area contributed by atoms with E-state index in [1.54, 1.807) is 36.7 Å². The molecule has 1 aliphatic rings. The van der Waals surface area contributed by atoms with Crippen LogP contribution in [-0.2, 0) is 14.8 Å². The number of nitrogens with zero attached hydrogens (tertiary/aromatic N) is 1. The summed E-state index contributed by atoms with van der Waals surface area (Å²) in [6.07, 6.45) is 5.42. The number of nitrogens with one attached hydrogen (secondary N) is 2. The van der Waals surface area contributed by atoms with E-state index in [0.29, 0.717) is 31.5 Å². The van der Waals surface area contributed by atoms with Crippen molar-refractivity contribution in [3.05, 3.63) is 36.7 Å². The molecule has 0 spiro atoms. The molecule has 1 aromatic heterocycles. The lowest BCUT2D eigenvalue weighted by Gasteiger charge is -2.26. The summed E-state index contributed by atoms with van der Waals surface area (Å²) < 4.78 is 27.6. The highest BCUT2D eigenvalue weighted by atomic mass is 32.2. The summed E-state index contributed by atoms with van der Waals surface area (Å²) in [6.45, 7) is 0. The summed E-state index contributed by atoms with van der Waals surface area (Å²) in [6, 6.07) is 6.28. The van der Waals surface area contributed by atoms with Gasteiger partial charge in [0.05, 0.1) is 10.8 Å². The average Bonchev–Trinajstić information content (AvgIpc) is 3.09. The van der Waals surface area contributed by atoms with Gasteiger partial charge in [-0.1, -0.05) is 0 Å². The van der Waals surface area contributed by atoms with E-state index in [0.717, 1.165) is 5.56 Å². The van der Waals surface area contributed by atoms with Crippen molar-refractivity contribution in [2.24, 2.45) is 5.92 Å². The van der Waals surface area contributed by atoms with Crippen LogP contribution in [-0.4, -0.2) is 35.5 Å². The fraction of sp³-hybridized carbons (Fsp3) is 0.375. The van der Waals surface area contributed by atoms with Crippen LogP contribution in [0.4, 0.5) is 0 Å². The Morgan fingerprint density at radius 2 is 1.83 bits per heavy atom. The lowest BCUT2D eigenvalue weighted by Crippen LogP contribution is -2.38. The molecule has 0 atom stereocenters. The second kappa shape index (κ2) is 6.74. The van der Waals surface area contributed by atoms with E-state index in [4.69, 9.17) is 5.11 Å². The SMILES string of the molecule is O=C(O)C1CCC(NS(=O)(=O)c2ccc(-c3ncc[nH]3)cc2)CC1. The van der Waals surface area contributed by atoms with Crippen LogP contribution >= 0.6 is 0 Å². The number of aliphatic carboxylic acids is 1. The molecule has 0 radical (unpaired) electrons. The molecule has 1 heterocycles. The van der Waals surface area contributed by atoms with Gasteiger partial charge in [0.15, 0.2) is 0 Å². The number of aromatic nitrogens is 2. The van der Waals surface area contributed by atoms with E-state index in [1.807, 2.05) is 0 Å². The Morgan fingerprint density at radius 3 is 2.38 bits per heavy atom. The third kappa shape index (κ3) is 3.65. The van der Waals surface area contributed by atoms with E-state index in [1.165, 1.54) is 0 Å². The molecule has 0 aliphatic heterocycles. The fourth-order valence-corrected chi connectivity index (χ4v) is 4.27. The van der Waals surface area contributed by atoms with Gasteiger partial charge in [0.1, 0.15) is 5.82 Å². The minimum Gasteiger partial charge on any atom is -0.481 e. The first-order valence-corrected chi connectivity index (χ1v) is 9.29. The number of H-pyrrole nitrogens is 1. The fourth-order valence-electron chi connectivity index (χ4n) is 2.96. The summed E-state index contributed by atoms with van der Waals surface area (Å²) in [5, 5.41) is 8.99. The zero-order chi connectivity index (χ0) is 17.2. The maximum absolute atomic E-state index is 12.5. The van der Waals surface area contributed by atoms with Crippen molar-refractivity contribution >= 4 is 16.0 Å². The minimum absolute atomic E-state index is 0.193. The molecule has 1 aliphatic carbocycles. The Balaban J connectivity index is 1.66. The van der Waals surface area contributed by atoms with E-state index in [9.17, 15) is 13.2 Å². The first kappa shape index (κ1) is 16.7. The smallest absolute Gasteiger partial charge is 0.306 e. The van der Waals surface area contributed by atoms with Crippen molar-refractivity contribution in [1.82, 2.24) is 14.7 Å². The number of hydrogen-bond donors (Lipinski definition) is 3. The van der Waals surface area contributed by atoms with Crippen LogP contribution in [0.2, 0.25) is 0 Å². The van der Waals surface area contributed by atoms with E-state index in [-0.39, 0.29) is 16.9 Å². The van der Waals surface area contributed by atoms with Gasteiger partial charge in [-0.3, -0.25) is 4.79 Å². The number of hydrogen-bond acceptors (Lipinski definition) is 4. The summed E-state index contributed by atoms with van der Waals surface area (Å²) in [7, 11) is -3.61. The highest BCUT2D eigenvalue weighted by molar-refractivity contribution is 7.89. The van der Waals surface area contributed by atoms with Crippen LogP contribution < -0.4 is 4.72 Å². The zero-order valence-electron chi connectivity index (χ0n) is 13.0. The van der Waals surface area contributed by atoms with Crippen LogP contribution in [0.15, 0.2) is 41.6 Å². The van der Waals surface area contributed by atoms with Gasteiger partial charge in [-0.25, -0.2) is 18.1 Å². The molecule has 24 heavy (non-hydrogen) atoms. The molecule has 1 fully saturated rings. The van der Waals surface area contributed by atoms with Gasteiger partial charge in [0, 0.05) is 24.0 Å². The van der Waals surface area contributed by atoms with Gasteiger partial charge < -0.3 is 10.1 Å². The Morgan fingerprint density at radius 1 is 1.17 bits per heavy atom. The van der Waals surface area contributed by atoms with Crippen molar-refractivity contribution in [2.45, 2.75) is 36.6 Å².